The summed E-state index contributed by atoms with van der Waals surface area (Å²) in [7, 11) is 0. The lowest BCUT2D eigenvalue weighted by molar-refractivity contribution is 1.05. The molecule has 0 bridgehead atoms. The van der Waals surface area contributed by atoms with Crippen molar-refractivity contribution in [2.45, 2.75) is 12.8 Å². The van der Waals surface area contributed by atoms with E-state index in [0.717, 1.165) is 47.0 Å². The van der Waals surface area contributed by atoms with Gasteiger partial charge in [0.25, 0.3) is 0 Å². The summed E-state index contributed by atoms with van der Waals surface area (Å²) < 4.78 is 0. The van der Waals surface area contributed by atoms with E-state index in [2.05, 4.69) is 471 Å². The minimum absolute atomic E-state index is 1.04. The fourth-order valence-corrected chi connectivity index (χ4v) is 15.2. The molecule has 18 rings (SSSR count). The van der Waals surface area contributed by atoms with Crippen LogP contribution in [0.4, 0.5) is 34.1 Å². The lowest BCUT2D eigenvalue weighted by atomic mass is 9.86. The van der Waals surface area contributed by atoms with Gasteiger partial charge in [-0.3, -0.25) is 0 Å². The Labute approximate surface area is 647 Å². The maximum absolute atomic E-state index is 2.38. The van der Waals surface area contributed by atoms with Gasteiger partial charge in [-0.25, -0.2) is 0 Å². The van der Waals surface area contributed by atoms with Gasteiger partial charge in [0.2, 0.25) is 0 Å². The van der Waals surface area contributed by atoms with Crippen LogP contribution in [-0.4, -0.2) is 0 Å². The topological polar surface area (TPSA) is 6.48 Å². The average Bonchev–Trinajstić information content (AvgIpc) is 0.763. The van der Waals surface area contributed by atoms with Gasteiger partial charge in [-0.1, -0.05) is 382 Å². The molecule has 2 heteroatoms. The van der Waals surface area contributed by atoms with E-state index in [1.54, 1.807) is 0 Å². The van der Waals surface area contributed by atoms with E-state index in [-0.39, 0.29) is 0 Å². The summed E-state index contributed by atoms with van der Waals surface area (Å²) in [6.45, 7) is 0. The summed E-state index contributed by atoms with van der Waals surface area (Å²) in [5.74, 6) is 0. The molecule has 110 heavy (non-hydrogen) atoms. The summed E-state index contributed by atoms with van der Waals surface area (Å²) in [5, 5.41) is 0. The van der Waals surface area contributed by atoms with Crippen LogP contribution in [0.1, 0.15) is 18.4 Å². The Morgan fingerprint density at radius 1 is 0.155 bits per heavy atom. The first-order chi connectivity index (χ1) is 54.5. The molecule has 1 aliphatic rings. The zero-order valence-corrected chi connectivity index (χ0v) is 61.2. The number of nitrogens with zero attached hydrogens (tertiary/aromatic N) is 2. The van der Waals surface area contributed by atoms with Gasteiger partial charge in [0.15, 0.2) is 0 Å². The van der Waals surface area contributed by atoms with Crippen LogP contribution >= 0.6 is 0 Å². The molecule has 0 fully saturated rings. The molecule has 1 aliphatic carbocycles. The normalized spacial score (nSPS) is 11.6. The minimum atomic E-state index is 1.04. The molecule has 17 aromatic carbocycles. The Morgan fingerprint density at radius 3 is 0.736 bits per heavy atom. The van der Waals surface area contributed by atoms with E-state index in [1.807, 2.05) is 0 Å². The molecule has 0 heterocycles. The number of hydrogen-bond donors (Lipinski definition) is 0. The fraction of sp³-hybridized carbons (Fsp3) is 0.0185. The predicted octanol–water partition coefficient (Wildman–Crippen LogP) is 30.4. The van der Waals surface area contributed by atoms with Crippen LogP contribution in [0.5, 0.6) is 0 Å². The summed E-state index contributed by atoms with van der Waals surface area (Å²) >= 11 is 0. The van der Waals surface area contributed by atoms with Crippen molar-refractivity contribution in [3.63, 3.8) is 0 Å². The molecule has 17 aromatic rings. The molecule has 0 aromatic heterocycles. The monoisotopic (exact) mass is 1400 g/mol. The minimum Gasteiger partial charge on any atom is -0.310 e. The van der Waals surface area contributed by atoms with Gasteiger partial charge in [-0.15, -0.1) is 0 Å². The second-order valence-electron chi connectivity index (χ2n) is 27.8. The van der Waals surface area contributed by atoms with Gasteiger partial charge < -0.3 is 9.80 Å². The Morgan fingerprint density at radius 2 is 0.400 bits per heavy atom. The van der Waals surface area contributed by atoms with Crippen LogP contribution in [-0.2, 0) is 0 Å². The highest BCUT2D eigenvalue weighted by atomic mass is 15.1. The smallest absolute Gasteiger partial charge is 0.0468 e. The van der Waals surface area contributed by atoms with Crippen LogP contribution in [0.25, 0.3) is 128 Å². The lowest BCUT2D eigenvalue weighted by Gasteiger charge is -2.27. The molecule has 0 N–H and O–H groups in total. The molecule has 0 saturated heterocycles. The summed E-state index contributed by atoms with van der Waals surface area (Å²) in [4.78, 5) is 4.76. The van der Waals surface area contributed by atoms with Crippen molar-refractivity contribution in [2.75, 3.05) is 9.80 Å². The maximum Gasteiger partial charge on any atom is 0.0468 e. The zero-order valence-electron chi connectivity index (χ0n) is 61.2. The second-order valence-corrected chi connectivity index (χ2v) is 27.8. The molecule has 0 saturated carbocycles. The van der Waals surface area contributed by atoms with E-state index in [1.165, 1.54) is 134 Å². The van der Waals surface area contributed by atoms with E-state index < -0.39 is 0 Å². The Balaban J connectivity index is 0.000000160. The second kappa shape index (κ2) is 32.7. The first-order valence-electron chi connectivity index (χ1n) is 38.0. The molecule has 0 aliphatic heterocycles. The van der Waals surface area contributed by atoms with Crippen molar-refractivity contribution in [1.82, 2.24) is 0 Å². The summed E-state index contributed by atoms with van der Waals surface area (Å²) in [5.41, 5.74) is 35.7. The Hall–Kier alpha value is -14.2. The number of allylic oxidation sites excluding steroid dienone is 4. The van der Waals surface area contributed by atoms with Gasteiger partial charge in [-0.05, 0) is 225 Å². The third-order valence-electron chi connectivity index (χ3n) is 20.9. The lowest BCUT2D eigenvalue weighted by Crippen LogP contribution is -2.10. The van der Waals surface area contributed by atoms with Crippen LogP contribution in [0.3, 0.4) is 0 Å². The van der Waals surface area contributed by atoms with Crippen molar-refractivity contribution in [3.05, 3.63) is 467 Å². The van der Waals surface area contributed by atoms with Crippen LogP contribution in [0, 0.1) is 0 Å². The first-order valence-corrected chi connectivity index (χ1v) is 38.0. The highest BCUT2D eigenvalue weighted by Gasteiger charge is 2.22. The number of rotatable bonds is 18. The largest absolute Gasteiger partial charge is 0.310 e. The van der Waals surface area contributed by atoms with Crippen LogP contribution in [0.2, 0.25) is 0 Å². The molecule has 0 spiro atoms. The van der Waals surface area contributed by atoms with Gasteiger partial charge in [0.1, 0.15) is 0 Å². The van der Waals surface area contributed by atoms with E-state index in [4.69, 9.17) is 0 Å². The molecular weight excluding hydrogens is 1330 g/mol. The van der Waals surface area contributed by atoms with Gasteiger partial charge >= 0.3 is 0 Å². The zero-order chi connectivity index (χ0) is 73.6. The van der Waals surface area contributed by atoms with Crippen molar-refractivity contribution < 1.29 is 0 Å². The van der Waals surface area contributed by atoms with Crippen molar-refractivity contribution >= 4 is 39.7 Å². The summed E-state index contributed by atoms with van der Waals surface area (Å²) in [6, 6.07) is 160. The quantitative estimate of drug-likeness (QED) is 0.0845. The number of benzene rings is 17. The number of hydrogen-bond acceptors (Lipinski definition) is 2. The first kappa shape index (κ1) is 68.9. The molecule has 0 atom stereocenters. The van der Waals surface area contributed by atoms with Crippen molar-refractivity contribution in [3.8, 4) is 122 Å². The van der Waals surface area contributed by atoms with E-state index in [9.17, 15) is 0 Å². The maximum atomic E-state index is 2.38. The molecule has 0 amide bonds. The Bertz CT molecular complexity index is 5800. The van der Waals surface area contributed by atoms with E-state index in [0.29, 0.717) is 0 Å². The Kier molecular flexibility index (Phi) is 20.5. The molecule has 0 unspecified atom stereocenters. The third-order valence-corrected chi connectivity index (χ3v) is 20.9. The highest BCUT2D eigenvalue weighted by molar-refractivity contribution is 5.95. The molecule has 0 radical (unpaired) electrons. The summed E-state index contributed by atoms with van der Waals surface area (Å²) in [6.07, 6.45) is 8.84. The van der Waals surface area contributed by atoms with Crippen molar-refractivity contribution in [1.29, 1.82) is 0 Å². The van der Waals surface area contributed by atoms with Crippen molar-refractivity contribution in [2.24, 2.45) is 0 Å². The van der Waals surface area contributed by atoms with Gasteiger partial charge in [0.05, 0.1) is 0 Å². The third kappa shape index (κ3) is 15.4. The SMILES string of the molecule is C1=CCCC(c2ccccc2-c2ccc(N(c3ccc(-c4ccccc4)cc3)c3ccc(-c4ccccc4)cc3)cc2-c2ccc(-c3ccccc3)cc2)=C1.c1ccc(-c2ccc(-c3cc(N(c4ccc(-c5ccccc5)cc4)c4ccc(-c5ccccc5)cc4)ccc3-c3cccc(-c4ccccc4)c3)cc2)cc1. The standard InChI is InChI=1S/C54H41N.C54H39N/c1-5-15-40(16-6-1)43-25-27-47(28-26-43)54-39-50(37-38-53(54)52-24-14-13-23-51(52)46-21-11-4-12-22-46)55(48-33-29-44(30-34-48)41-17-7-2-8-18-41)49-35-31-45(32-36-49)42-19-9-3-10-20-42;1-5-14-40(15-6-1)44-24-26-47(27-25-44)54-39-52(36-37-53(54)49-23-13-22-48(38-49)43-20-11-4-12-21-43)55(50-32-28-45(29-33-50)41-16-7-2-8-17-41)51-34-30-46(31-35-51)42-18-9-3-10-19-42/h1-11,13-21,23-39H,12,22H2;1-39H. The van der Waals surface area contributed by atoms with E-state index >= 15 is 0 Å². The van der Waals surface area contributed by atoms with Gasteiger partial charge in [-0.2, -0.15) is 0 Å². The van der Waals surface area contributed by atoms with Crippen LogP contribution < -0.4 is 9.80 Å². The molecule has 2 nitrogen and oxygen atoms in total. The average molecular weight is 1410 g/mol. The number of anilines is 6. The molecule has 522 valence electrons. The molecular formula is C108H80N2. The fourth-order valence-electron chi connectivity index (χ4n) is 15.2. The van der Waals surface area contributed by atoms with Crippen LogP contribution in [0.15, 0.2) is 461 Å². The highest BCUT2D eigenvalue weighted by Crippen LogP contribution is 2.47. The van der Waals surface area contributed by atoms with Gasteiger partial charge in [0, 0.05) is 34.1 Å². The predicted molar refractivity (Wildman–Crippen MR) is 468 cm³/mol.